The van der Waals surface area contributed by atoms with Crippen LogP contribution in [0.1, 0.15) is 28.9 Å². The molecule has 0 amide bonds. The maximum absolute atomic E-state index is 11.8. The predicted molar refractivity (Wildman–Crippen MR) is 69.6 cm³/mol. The molecule has 0 atom stereocenters. The predicted octanol–water partition coefficient (Wildman–Crippen LogP) is 3.00. The van der Waals surface area contributed by atoms with Crippen molar-refractivity contribution in [3.63, 3.8) is 0 Å². The summed E-state index contributed by atoms with van der Waals surface area (Å²) >= 11 is 0. The van der Waals surface area contributed by atoms with E-state index >= 15 is 0 Å². The zero-order valence-corrected chi connectivity index (χ0v) is 10.3. The molecule has 3 nitrogen and oxygen atoms in total. The molecular weight excluding hydrogens is 226 g/mol. The van der Waals surface area contributed by atoms with Crippen LogP contribution in [0, 0.1) is 0 Å². The van der Waals surface area contributed by atoms with Gasteiger partial charge in [0, 0.05) is 23.9 Å². The Hall–Kier alpha value is -2.03. The van der Waals surface area contributed by atoms with Gasteiger partial charge in [0.15, 0.2) is 5.78 Å². The van der Waals surface area contributed by atoms with Crippen molar-refractivity contribution < 1.29 is 9.53 Å². The highest BCUT2D eigenvalue weighted by Gasteiger charge is 2.21. The number of aromatic nitrogens is 1. The van der Waals surface area contributed by atoms with Crippen LogP contribution in [-0.4, -0.2) is 17.5 Å². The van der Waals surface area contributed by atoms with E-state index in [4.69, 9.17) is 4.74 Å². The Morgan fingerprint density at radius 2 is 2.00 bits per heavy atom. The van der Waals surface area contributed by atoms with Crippen LogP contribution < -0.4 is 4.74 Å². The second-order valence-electron chi connectivity index (χ2n) is 4.49. The van der Waals surface area contributed by atoms with Gasteiger partial charge in [-0.05, 0) is 31.0 Å². The molecule has 1 heterocycles. The number of Topliss-reactive ketones (excluding diaryl/α,β-unsaturated/α-hetero) is 1. The van der Waals surface area contributed by atoms with E-state index in [1.54, 1.807) is 7.11 Å². The highest BCUT2D eigenvalue weighted by atomic mass is 16.5. The Morgan fingerprint density at radius 3 is 2.83 bits per heavy atom. The highest BCUT2D eigenvalue weighted by Crippen LogP contribution is 2.29. The van der Waals surface area contributed by atoms with Crippen LogP contribution in [0.5, 0.6) is 5.75 Å². The monoisotopic (exact) mass is 241 g/mol. The Labute approximate surface area is 106 Å². The fourth-order valence-electron chi connectivity index (χ4n) is 2.58. The molecule has 2 aromatic rings. The molecule has 3 rings (SSSR count). The summed E-state index contributed by atoms with van der Waals surface area (Å²) in [5, 5.41) is 0. The molecule has 0 unspecified atom stereocenters. The van der Waals surface area contributed by atoms with Crippen LogP contribution in [-0.2, 0) is 6.42 Å². The van der Waals surface area contributed by atoms with Gasteiger partial charge in [-0.15, -0.1) is 0 Å². The number of benzene rings is 1. The van der Waals surface area contributed by atoms with Crippen LogP contribution in [0.3, 0.4) is 0 Å². The Bertz CT molecular complexity index is 598. The van der Waals surface area contributed by atoms with Gasteiger partial charge in [0.1, 0.15) is 5.75 Å². The van der Waals surface area contributed by atoms with Gasteiger partial charge in [-0.25, -0.2) is 0 Å². The van der Waals surface area contributed by atoms with Gasteiger partial charge in [0.2, 0.25) is 0 Å². The van der Waals surface area contributed by atoms with Crippen molar-refractivity contribution in [2.75, 3.05) is 7.11 Å². The summed E-state index contributed by atoms with van der Waals surface area (Å²) in [5.41, 5.74) is 2.97. The zero-order valence-electron chi connectivity index (χ0n) is 10.3. The fourth-order valence-corrected chi connectivity index (χ4v) is 2.58. The van der Waals surface area contributed by atoms with Crippen LogP contribution >= 0.6 is 0 Å². The summed E-state index contributed by atoms with van der Waals surface area (Å²) in [5.74, 6) is 1.08. The molecule has 0 fully saturated rings. The van der Waals surface area contributed by atoms with Crippen molar-refractivity contribution in [2.45, 2.75) is 19.3 Å². The van der Waals surface area contributed by atoms with Gasteiger partial charge in [-0.2, -0.15) is 0 Å². The molecule has 0 saturated heterocycles. The number of carbonyl (C=O) groups is 1. The second-order valence-corrected chi connectivity index (χ2v) is 4.49. The van der Waals surface area contributed by atoms with Crippen LogP contribution in [0.4, 0.5) is 0 Å². The van der Waals surface area contributed by atoms with E-state index in [9.17, 15) is 4.79 Å². The highest BCUT2D eigenvalue weighted by molar-refractivity contribution is 5.98. The summed E-state index contributed by atoms with van der Waals surface area (Å²) in [4.78, 5) is 11.8. The number of ketones is 1. The van der Waals surface area contributed by atoms with Gasteiger partial charge in [-0.1, -0.05) is 12.1 Å². The first kappa shape index (κ1) is 11.1. The number of nitrogens with zero attached hydrogens (tertiary/aromatic N) is 1. The van der Waals surface area contributed by atoms with Crippen LogP contribution in [0.15, 0.2) is 36.5 Å². The maximum atomic E-state index is 11.8. The SMILES string of the molecule is COc1ccccc1-n1ccc2c1CCCC2=O. The lowest BCUT2D eigenvalue weighted by Crippen LogP contribution is -2.12. The Kier molecular flexibility index (Phi) is 2.67. The third-order valence-corrected chi connectivity index (χ3v) is 3.45. The minimum Gasteiger partial charge on any atom is -0.495 e. The first-order valence-electron chi connectivity index (χ1n) is 6.18. The lowest BCUT2D eigenvalue weighted by molar-refractivity contribution is 0.0972. The van der Waals surface area contributed by atoms with E-state index in [0.29, 0.717) is 6.42 Å². The van der Waals surface area contributed by atoms with Crippen molar-refractivity contribution in [3.8, 4) is 11.4 Å². The second kappa shape index (κ2) is 4.33. The topological polar surface area (TPSA) is 31.2 Å². The van der Waals surface area contributed by atoms with Crippen LogP contribution in [0.2, 0.25) is 0 Å². The van der Waals surface area contributed by atoms with E-state index in [1.807, 2.05) is 36.5 Å². The lowest BCUT2D eigenvalue weighted by atomic mass is 9.97. The number of carbonyl (C=O) groups excluding carboxylic acids is 1. The average Bonchev–Trinajstić information content (AvgIpc) is 2.84. The number of fused-ring (bicyclic) bond motifs is 1. The third-order valence-electron chi connectivity index (χ3n) is 3.45. The molecule has 0 N–H and O–H groups in total. The van der Waals surface area contributed by atoms with Gasteiger partial charge < -0.3 is 9.30 Å². The summed E-state index contributed by atoms with van der Waals surface area (Å²) < 4.78 is 7.46. The van der Waals surface area contributed by atoms with Gasteiger partial charge >= 0.3 is 0 Å². The molecule has 0 bridgehead atoms. The lowest BCUT2D eigenvalue weighted by Gasteiger charge is -2.16. The number of rotatable bonds is 2. The molecule has 0 saturated carbocycles. The van der Waals surface area contributed by atoms with E-state index in [0.717, 1.165) is 35.5 Å². The minimum absolute atomic E-state index is 0.255. The first-order chi connectivity index (χ1) is 8.81. The quantitative estimate of drug-likeness (QED) is 0.809. The molecule has 0 radical (unpaired) electrons. The molecule has 92 valence electrons. The van der Waals surface area contributed by atoms with Crippen molar-refractivity contribution >= 4 is 5.78 Å². The van der Waals surface area contributed by atoms with Crippen molar-refractivity contribution in [3.05, 3.63) is 47.8 Å². The summed E-state index contributed by atoms with van der Waals surface area (Å²) in [6, 6.07) is 9.80. The molecule has 3 heteroatoms. The number of hydrogen-bond acceptors (Lipinski definition) is 2. The maximum Gasteiger partial charge on any atom is 0.164 e. The molecular formula is C15H15NO2. The summed E-state index contributed by atoms with van der Waals surface area (Å²) in [7, 11) is 1.67. The third kappa shape index (κ3) is 1.63. The largest absolute Gasteiger partial charge is 0.495 e. The van der Waals surface area contributed by atoms with Crippen molar-refractivity contribution in [1.82, 2.24) is 4.57 Å². The standard InChI is InChI=1S/C15H15NO2/c1-18-15-8-3-2-5-13(15)16-10-9-11-12(16)6-4-7-14(11)17/h2-3,5,8-10H,4,6-7H2,1H3. The van der Waals surface area contributed by atoms with E-state index in [2.05, 4.69) is 4.57 Å². The summed E-state index contributed by atoms with van der Waals surface area (Å²) in [6.45, 7) is 0. The first-order valence-corrected chi connectivity index (χ1v) is 6.18. The average molecular weight is 241 g/mol. The van der Waals surface area contributed by atoms with Crippen LogP contribution in [0.25, 0.3) is 5.69 Å². The minimum atomic E-state index is 0.255. The van der Waals surface area contributed by atoms with Gasteiger partial charge in [-0.3, -0.25) is 4.79 Å². The zero-order chi connectivity index (χ0) is 12.5. The number of ether oxygens (including phenoxy) is 1. The van der Waals surface area contributed by atoms with E-state index in [-0.39, 0.29) is 5.78 Å². The number of para-hydroxylation sites is 2. The summed E-state index contributed by atoms with van der Waals surface area (Å²) in [6.07, 6.45) is 4.52. The molecule has 1 aromatic heterocycles. The number of hydrogen-bond donors (Lipinski definition) is 0. The van der Waals surface area contributed by atoms with Crippen molar-refractivity contribution in [2.24, 2.45) is 0 Å². The molecule has 1 aromatic carbocycles. The normalized spacial score (nSPS) is 14.4. The molecule has 1 aliphatic rings. The van der Waals surface area contributed by atoms with Gasteiger partial charge in [0.05, 0.1) is 12.8 Å². The Morgan fingerprint density at radius 1 is 1.17 bits per heavy atom. The fraction of sp³-hybridized carbons (Fsp3) is 0.267. The molecule has 1 aliphatic carbocycles. The molecule has 0 aliphatic heterocycles. The molecule has 18 heavy (non-hydrogen) atoms. The van der Waals surface area contributed by atoms with E-state index < -0.39 is 0 Å². The number of methoxy groups -OCH3 is 1. The van der Waals surface area contributed by atoms with Gasteiger partial charge in [0.25, 0.3) is 0 Å². The Balaban J connectivity index is 2.15. The van der Waals surface area contributed by atoms with E-state index in [1.165, 1.54) is 0 Å². The van der Waals surface area contributed by atoms with Crippen molar-refractivity contribution in [1.29, 1.82) is 0 Å². The smallest absolute Gasteiger partial charge is 0.164 e. The molecule has 0 spiro atoms.